The van der Waals surface area contributed by atoms with E-state index in [9.17, 15) is 14.4 Å². The van der Waals surface area contributed by atoms with Gasteiger partial charge in [-0.3, -0.25) is 14.4 Å². The molecule has 0 unspecified atom stereocenters. The van der Waals surface area contributed by atoms with Crippen molar-refractivity contribution in [2.45, 2.75) is 72.6 Å². The standard InChI is InChI=1S/C14H27N3O3.C3H8/c1-3-9-16-12(18)7-8-13(19)17-10-5-4-6-11(2)14(15)20;1-3-2/h11H,3-10H2,1-2H3,(H2,15,20)(H,16,18)(H,17,19);3H2,1-2H3/t11-;/m0./s1. The summed E-state index contributed by atoms with van der Waals surface area (Å²) in [7, 11) is 0. The molecule has 0 aromatic heterocycles. The van der Waals surface area contributed by atoms with E-state index >= 15 is 0 Å². The zero-order chi connectivity index (χ0) is 18.1. The molecule has 0 aromatic carbocycles. The van der Waals surface area contributed by atoms with Crippen LogP contribution in [0.25, 0.3) is 0 Å². The molecule has 0 spiro atoms. The fraction of sp³-hybridized carbons (Fsp3) is 0.824. The van der Waals surface area contributed by atoms with Crippen LogP contribution in [0.1, 0.15) is 72.6 Å². The molecule has 0 aliphatic carbocycles. The zero-order valence-electron chi connectivity index (χ0n) is 15.2. The van der Waals surface area contributed by atoms with Crippen LogP contribution >= 0.6 is 0 Å². The van der Waals surface area contributed by atoms with Gasteiger partial charge in [-0.1, -0.05) is 40.5 Å². The van der Waals surface area contributed by atoms with Crippen LogP contribution in [0, 0.1) is 5.92 Å². The van der Waals surface area contributed by atoms with Crippen molar-refractivity contribution in [1.82, 2.24) is 10.6 Å². The Morgan fingerprint density at radius 2 is 1.39 bits per heavy atom. The van der Waals surface area contributed by atoms with E-state index in [2.05, 4.69) is 24.5 Å². The molecule has 0 heterocycles. The summed E-state index contributed by atoms with van der Waals surface area (Å²) in [6.07, 6.45) is 4.98. The number of carbonyl (C=O) groups is 3. The Morgan fingerprint density at radius 3 is 1.83 bits per heavy atom. The van der Waals surface area contributed by atoms with Crippen LogP contribution in [0.2, 0.25) is 0 Å². The highest BCUT2D eigenvalue weighted by molar-refractivity contribution is 5.83. The zero-order valence-corrected chi connectivity index (χ0v) is 15.2. The number of unbranched alkanes of at least 4 members (excludes halogenated alkanes) is 1. The molecule has 6 heteroatoms. The highest BCUT2D eigenvalue weighted by Crippen LogP contribution is 2.06. The van der Waals surface area contributed by atoms with E-state index in [0.29, 0.717) is 13.1 Å². The molecule has 0 saturated heterocycles. The molecule has 0 bridgehead atoms. The van der Waals surface area contributed by atoms with Crippen LogP contribution < -0.4 is 16.4 Å². The number of nitrogens with two attached hydrogens (primary N) is 1. The topological polar surface area (TPSA) is 101 Å². The summed E-state index contributed by atoms with van der Waals surface area (Å²) in [6, 6.07) is 0. The third-order valence-corrected chi connectivity index (χ3v) is 3.02. The van der Waals surface area contributed by atoms with E-state index in [-0.39, 0.29) is 36.5 Å². The Morgan fingerprint density at radius 1 is 0.913 bits per heavy atom. The largest absolute Gasteiger partial charge is 0.369 e. The summed E-state index contributed by atoms with van der Waals surface area (Å²) in [5.74, 6) is -0.600. The third kappa shape index (κ3) is 18.4. The predicted octanol–water partition coefficient (Wildman–Crippen LogP) is 2.12. The first-order chi connectivity index (χ1) is 10.9. The fourth-order valence-corrected chi connectivity index (χ4v) is 1.61. The number of rotatable bonds is 11. The molecule has 0 radical (unpaired) electrons. The Hall–Kier alpha value is -1.59. The molecular weight excluding hydrogens is 294 g/mol. The van der Waals surface area contributed by atoms with Crippen LogP contribution in [-0.4, -0.2) is 30.8 Å². The number of nitrogens with one attached hydrogen (secondary N) is 2. The van der Waals surface area contributed by atoms with Gasteiger partial charge in [-0.05, 0) is 19.3 Å². The molecule has 23 heavy (non-hydrogen) atoms. The SMILES string of the molecule is CCC.CCCNC(=O)CCC(=O)NCCCC[C@H](C)C(N)=O. The van der Waals surface area contributed by atoms with Crippen molar-refractivity contribution in [1.29, 1.82) is 0 Å². The lowest BCUT2D eigenvalue weighted by Gasteiger charge is -2.08. The fourth-order valence-electron chi connectivity index (χ4n) is 1.61. The molecule has 3 amide bonds. The summed E-state index contributed by atoms with van der Waals surface area (Å²) < 4.78 is 0. The van der Waals surface area contributed by atoms with E-state index in [0.717, 1.165) is 25.7 Å². The molecule has 0 fully saturated rings. The number of carbonyl (C=O) groups excluding carboxylic acids is 3. The van der Waals surface area contributed by atoms with Crippen molar-refractivity contribution in [3.63, 3.8) is 0 Å². The normalized spacial score (nSPS) is 11.0. The van der Waals surface area contributed by atoms with Gasteiger partial charge in [-0.25, -0.2) is 0 Å². The Balaban J connectivity index is 0. The van der Waals surface area contributed by atoms with Crippen LogP contribution in [-0.2, 0) is 14.4 Å². The van der Waals surface area contributed by atoms with Crippen molar-refractivity contribution in [2.24, 2.45) is 11.7 Å². The second-order valence-electron chi connectivity index (χ2n) is 5.71. The Kier molecular flexibility index (Phi) is 17.3. The van der Waals surface area contributed by atoms with Crippen molar-refractivity contribution in [3.8, 4) is 0 Å². The quantitative estimate of drug-likeness (QED) is 0.506. The summed E-state index contributed by atoms with van der Waals surface area (Å²) >= 11 is 0. The van der Waals surface area contributed by atoms with Crippen LogP contribution in [0.3, 0.4) is 0 Å². The maximum atomic E-state index is 11.5. The summed E-state index contributed by atoms with van der Waals surface area (Å²) in [4.78, 5) is 33.6. The van der Waals surface area contributed by atoms with Gasteiger partial charge >= 0.3 is 0 Å². The Labute approximate surface area is 141 Å². The molecule has 0 aromatic rings. The first kappa shape index (κ1) is 23.7. The highest BCUT2D eigenvalue weighted by atomic mass is 16.2. The molecule has 0 aliphatic heterocycles. The van der Waals surface area contributed by atoms with Gasteiger partial charge in [0, 0.05) is 31.8 Å². The van der Waals surface area contributed by atoms with Gasteiger partial charge in [-0.2, -0.15) is 0 Å². The molecule has 6 nitrogen and oxygen atoms in total. The second kappa shape index (κ2) is 16.8. The third-order valence-electron chi connectivity index (χ3n) is 3.02. The van der Waals surface area contributed by atoms with Crippen molar-refractivity contribution in [3.05, 3.63) is 0 Å². The van der Waals surface area contributed by atoms with Gasteiger partial charge in [0.15, 0.2) is 0 Å². The van der Waals surface area contributed by atoms with Gasteiger partial charge in [0.05, 0.1) is 0 Å². The maximum absolute atomic E-state index is 11.5. The average Bonchev–Trinajstić information content (AvgIpc) is 2.50. The van der Waals surface area contributed by atoms with E-state index in [1.807, 2.05) is 6.92 Å². The minimum atomic E-state index is -0.285. The monoisotopic (exact) mass is 329 g/mol. The van der Waals surface area contributed by atoms with E-state index in [1.54, 1.807) is 6.92 Å². The number of amides is 3. The van der Waals surface area contributed by atoms with E-state index in [1.165, 1.54) is 6.42 Å². The number of primary amides is 1. The van der Waals surface area contributed by atoms with Crippen molar-refractivity contribution >= 4 is 17.7 Å². The lowest BCUT2D eigenvalue weighted by atomic mass is 10.0. The van der Waals surface area contributed by atoms with Crippen LogP contribution in [0.4, 0.5) is 0 Å². The van der Waals surface area contributed by atoms with Crippen LogP contribution in [0.5, 0.6) is 0 Å². The summed E-state index contributed by atoms with van der Waals surface area (Å²) in [6.45, 7) is 9.25. The minimum Gasteiger partial charge on any atom is -0.369 e. The molecule has 4 N–H and O–H groups in total. The smallest absolute Gasteiger partial charge is 0.220 e. The predicted molar refractivity (Wildman–Crippen MR) is 93.7 cm³/mol. The number of hydrogen-bond donors (Lipinski definition) is 3. The van der Waals surface area contributed by atoms with E-state index < -0.39 is 0 Å². The lowest BCUT2D eigenvalue weighted by molar-refractivity contribution is -0.126. The first-order valence-corrected chi connectivity index (χ1v) is 8.71. The highest BCUT2D eigenvalue weighted by Gasteiger charge is 2.08. The molecule has 0 rings (SSSR count). The van der Waals surface area contributed by atoms with Crippen LogP contribution in [0.15, 0.2) is 0 Å². The molecule has 0 aliphatic rings. The molecular formula is C17H35N3O3. The summed E-state index contributed by atoms with van der Waals surface area (Å²) in [5.41, 5.74) is 5.15. The molecule has 0 saturated carbocycles. The van der Waals surface area contributed by atoms with E-state index in [4.69, 9.17) is 5.73 Å². The first-order valence-electron chi connectivity index (χ1n) is 8.71. The average molecular weight is 329 g/mol. The van der Waals surface area contributed by atoms with Gasteiger partial charge < -0.3 is 16.4 Å². The lowest BCUT2D eigenvalue weighted by Crippen LogP contribution is -2.28. The minimum absolute atomic E-state index is 0.0858. The second-order valence-corrected chi connectivity index (χ2v) is 5.71. The summed E-state index contributed by atoms with van der Waals surface area (Å²) in [5, 5.41) is 5.49. The molecule has 1 atom stereocenters. The van der Waals surface area contributed by atoms with Crippen molar-refractivity contribution in [2.75, 3.05) is 13.1 Å². The molecule has 136 valence electrons. The van der Waals surface area contributed by atoms with Gasteiger partial charge in [0.2, 0.25) is 17.7 Å². The van der Waals surface area contributed by atoms with Crippen molar-refractivity contribution < 1.29 is 14.4 Å². The Bertz CT molecular complexity index is 333. The van der Waals surface area contributed by atoms with Gasteiger partial charge in [0.25, 0.3) is 0 Å². The number of hydrogen-bond acceptors (Lipinski definition) is 3. The van der Waals surface area contributed by atoms with Gasteiger partial charge in [0.1, 0.15) is 0 Å². The maximum Gasteiger partial charge on any atom is 0.220 e. The van der Waals surface area contributed by atoms with Gasteiger partial charge in [-0.15, -0.1) is 0 Å².